The third-order valence-corrected chi connectivity index (χ3v) is 2.77. The van der Waals surface area contributed by atoms with Gasteiger partial charge in [-0.1, -0.05) is 20.8 Å². The lowest BCUT2D eigenvalue weighted by Crippen LogP contribution is -2.27. The van der Waals surface area contributed by atoms with E-state index in [1.165, 1.54) is 0 Å². The molecule has 3 N–H and O–H groups in total. The molecule has 1 aromatic rings. The number of carbonyl (C=O) groups excluding carboxylic acids is 1. The van der Waals surface area contributed by atoms with E-state index in [1.807, 2.05) is 20.8 Å². The largest absolute Gasteiger partial charge is 0.507 e. The number of amides is 1. The summed E-state index contributed by atoms with van der Waals surface area (Å²) in [6.45, 7) is 7.86. The first-order chi connectivity index (χ1) is 8.27. The minimum Gasteiger partial charge on any atom is -0.507 e. The van der Waals surface area contributed by atoms with E-state index in [2.05, 4.69) is 5.32 Å². The molecule has 0 saturated heterocycles. The fourth-order valence-corrected chi connectivity index (χ4v) is 1.75. The van der Waals surface area contributed by atoms with Crippen LogP contribution in [0.5, 0.6) is 5.75 Å². The van der Waals surface area contributed by atoms with Crippen LogP contribution in [0.2, 0.25) is 0 Å². The molecule has 0 fully saturated rings. The molecule has 1 aromatic carbocycles. The number of aliphatic hydroxyl groups is 1. The number of aryl methyl sites for hydroxylation is 1. The minimum absolute atomic E-state index is 0.0884. The van der Waals surface area contributed by atoms with Crippen LogP contribution in [0.3, 0.4) is 0 Å². The Kier molecular flexibility index (Phi) is 4.35. The average Bonchev–Trinajstić information content (AvgIpc) is 2.27. The molecule has 0 unspecified atom stereocenters. The molecule has 1 amide bonds. The van der Waals surface area contributed by atoms with Crippen molar-refractivity contribution in [2.24, 2.45) is 0 Å². The highest BCUT2D eigenvalue weighted by Gasteiger charge is 2.21. The third kappa shape index (κ3) is 3.23. The molecule has 0 heterocycles. The highest BCUT2D eigenvalue weighted by Crippen LogP contribution is 2.33. The lowest BCUT2D eigenvalue weighted by atomic mass is 9.84. The summed E-state index contributed by atoms with van der Waals surface area (Å²) in [5.41, 5.74) is 1.69. The summed E-state index contributed by atoms with van der Waals surface area (Å²) in [5, 5.41) is 21.3. The van der Waals surface area contributed by atoms with E-state index in [4.69, 9.17) is 5.11 Å². The normalized spacial score (nSPS) is 11.4. The van der Waals surface area contributed by atoms with Crippen LogP contribution in [-0.2, 0) is 5.41 Å². The Morgan fingerprint density at radius 1 is 1.33 bits per heavy atom. The number of benzene rings is 1. The van der Waals surface area contributed by atoms with Crippen molar-refractivity contribution >= 4 is 5.91 Å². The van der Waals surface area contributed by atoms with Crippen molar-refractivity contribution in [3.8, 4) is 5.75 Å². The van der Waals surface area contributed by atoms with Crippen LogP contribution >= 0.6 is 0 Å². The van der Waals surface area contributed by atoms with Crippen molar-refractivity contribution in [3.05, 3.63) is 28.8 Å². The third-order valence-electron chi connectivity index (χ3n) is 2.77. The second-order valence-electron chi connectivity index (χ2n) is 5.42. The summed E-state index contributed by atoms with van der Waals surface area (Å²) in [4.78, 5) is 11.8. The summed E-state index contributed by atoms with van der Waals surface area (Å²) in [6, 6.07) is 3.35. The van der Waals surface area contributed by atoms with Crippen LogP contribution < -0.4 is 5.32 Å². The number of carbonyl (C=O) groups is 1. The summed E-state index contributed by atoms with van der Waals surface area (Å²) in [6.07, 6.45) is 0. The zero-order chi connectivity index (χ0) is 13.9. The van der Waals surface area contributed by atoms with Crippen molar-refractivity contribution in [3.63, 3.8) is 0 Å². The lowest BCUT2D eigenvalue weighted by molar-refractivity contribution is 0.0944. The van der Waals surface area contributed by atoms with Gasteiger partial charge in [-0.2, -0.15) is 0 Å². The van der Waals surface area contributed by atoms with Crippen LogP contribution in [-0.4, -0.2) is 29.3 Å². The van der Waals surface area contributed by atoms with Crippen LogP contribution in [0.1, 0.15) is 42.3 Å². The number of hydrogen-bond acceptors (Lipinski definition) is 3. The van der Waals surface area contributed by atoms with Crippen molar-refractivity contribution in [1.82, 2.24) is 5.32 Å². The number of aliphatic hydroxyl groups excluding tert-OH is 1. The maximum Gasteiger partial charge on any atom is 0.251 e. The highest BCUT2D eigenvalue weighted by molar-refractivity contribution is 5.95. The second kappa shape index (κ2) is 5.40. The number of hydrogen-bond donors (Lipinski definition) is 3. The van der Waals surface area contributed by atoms with Gasteiger partial charge < -0.3 is 15.5 Å². The first kappa shape index (κ1) is 14.5. The monoisotopic (exact) mass is 251 g/mol. The second-order valence-corrected chi connectivity index (χ2v) is 5.42. The summed E-state index contributed by atoms with van der Waals surface area (Å²) < 4.78 is 0. The lowest BCUT2D eigenvalue weighted by Gasteiger charge is -2.22. The summed E-state index contributed by atoms with van der Waals surface area (Å²) >= 11 is 0. The van der Waals surface area contributed by atoms with Gasteiger partial charge >= 0.3 is 0 Å². The fraction of sp³-hybridized carbons (Fsp3) is 0.500. The molecule has 1 rings (SSSR count). The van der Waals surface area contributed by atoms with Crippen LogP contribution in [0.15, 0.2) is 12.1 Å². The van der Waals surface area contributed by atoms with Gasteiger partial charge in [-0.25, -0.2) is 0 Å². The van der Waals surface area contributed by atoms with E-state index in [9.17, 15) is 9.90 Å². The molecule has 100 valence electrons. The van der Waals surface area contributed by atoms with E-state index in [0.717, 1.165) is 5.56 Å². The molecule has 0 aliphatic carbocycles. The molecular weight excluding hydrogens is 230 g/mol. The fourth-order valence-electron chi connectivity index (χ4n) is 1.75. The molecule has 0 atom stereocenters. The maximum atomic E-state index is 11.8. The Labute approximate surface area is 108 Å². The first-order valence-corrected chi connectivity index (χ1v) is 6.00. The van der Waals surface area contributed by atoms with Gasteiger partial charge in [-0.15, -0.1) is 0 Å². The molecule has 0 aliphatic heterocycles. The van der Waals surface area contributed by atoms with Gasteiger partial charge in [0.15, 0.2) is 0 Å². The van der Waals surface area contributed by atoms with E-state index >= 15 is 0 Å². The quantitative estimate of drug-likeness (QED) is 0.766. The van der Waals surface area contributed by atoms with E-state index in [-0.39, 0.29) is 30.2 Å². The highest BCUT2D eigenvalue weighted by atomic mass is 16.3. The van der Waals surface area contributed by atoms with Gasteiger partial charge in [-0.05, 0) is 30.0 Å². The number of phenols is 1. The van der Waals surface area contributed by atoms with Crippen LogP contribution in [0.4, 0.5) is 0 Å². The minimum atomic E-state index is -0.238. The first-order valence-electron chi connectivity index (χ1n) is 6.00. The predicted molar refractivity (Wildman–Crippen MR) is 71.0 cm³/mol. The van der Waals surface area contributed by atoms with Gasteiger partial charge in [0.1, 0.15) is 5.75 Å². The molecule has 0 spiro atoms. The molecule has 0 bridgehead atoms. The standard InChI is InChI=1S/C14H21NO3/c1-9-7-10(13(18)15-5-6-16)8-11(12(9)17)14(2,3)4/h7-8,16-17H,5-6H2,1-4H3,(H,15,18). The van der Waals surface area contributed by atoms with Crippen LogP contribution in [0, 0.1) is 6.92 Å². The van der Waals surface area contributed by atoms with Crippen LogP contribution in [0.25, 0.3) is 0 Å². The number of phenolic OH excluding ortho intramolecular Hbond substituents is 1. The molecule has 4 heteroatoms. The number of rotatable bonds is 3. The average molecular weight is 251 g/mol. The smallest absolute Gasteiger partial charge is 0.251 e. The molecule has 18 heavy (non-hydrogen) atoms. The predicted octanol–water partition coefficient (Wildman–Crippen LogP) is 1.72. The Hall–Kier alpha value is -1.55. The van der Waals surface area contributed by atoms with E-state index in [0.29, 0.717) is 11.1 Å². The molecule has 0 aliphatic rings. The molecule has 4 nitrogen and oxygen atoms in total. The topological polar surface area (TPSA) is 69.6 Å². The van der Waals surface area contributed by atoms with Crippen molar-refractivity contribution < 1.29 is 15.0 Å². The molecule has 0 aromatic heterocycles. The molecule has 0 saturated carbocycles. The Morgan fingerprint density at radius 2 is 1.94 bits per heavy atom. The van der Waals surface area contributed by atoms with Crippen molar-refractivity contribution in [2.45, 2.75) is 33.1 Å². The molecule has 0 radical (unpaired) electrons. The van der Waals surface area contributed by atoms with E-state index in [1.54, 1.807) is 19.1 Å². The summed E-state index contributed by atoms with van der Waals surface area (Å²) in [7, 11) is 0. The zero-order valence-electron chi connectivity index (χ0n) is 11.4. The van der Waals surface area contributed by atoms with Crippen molar-refractivity contribution in [1.29, 1.82) is 0 Å². The summed E-state index contributed by atoms with van der Waals surface area (Å²) in [5.74, 6) is -0.00106. The Balaban J connectivity index is 3.17. The van der Waals surface area contributed by atoms with Gasteiger partial charge in [0.05, 0.1) is 6.61 Å². The Bertz CT molecular complexity index is 447. The molecular formula is C14H21NO3. The van der Waals surface area contributed by atoms with Gasteiger partial charge in [0, 0.05) is 17.7 Å². The van der Waals surface area contributed by atoms with Gasteiger partial charge in [0.2, 0.25) is 0 Å². The van der Waals surface area contributed by atoms with Gasteiger partial charge in [-0.3, -0.25) is 4.79 Å². The van der Waals surface area contributed by atoms with E-state index < -0.39 is 0 Å². The van der Waals surface area contributed by atoms with Gasteiger partial charge in [0.25, 0.3) is 5.91 Å². The number of aromatic hydroxyl groups is 1. The van der Waals surface area contributed by atoms with Crippen molar-refractivity contribution in [2.75, 3.05) is 13.2 Å². The SMILES string of the molecule is Cc1cc(C(=O)NCCO)cc(C(C)(C)C)c1O. The maximum absolute atomic E-state index is 11.8. The number of nitrogens with one attached hydrogen (secondary N) is 1. The Morgan fingerprint density at radius 3 is 2.44 bits per heavy atom. The zero-order valence-corrected chi connectivity index (χ0v) is 11.4.